The fourth-order valence-corrected chi connectivity index (χ4v) is 4.79. The predicted molar refractivity (Wildman–Crippen MR) is 115 cm³/mol. The van der Waals surface area contributed by atoms with Gasteiger partial charge in [0.15, 0.2) is 0 Å². The molecule has 0 aliphatic carbocycles. The monoisotopic (exact) mass is 448 g/mol. The van der Waals surface area contributed by atoms with Gasteiger partial charge in [-0.1, -0.05) is 23.2 Å². The molecule has 0 radical (unpaired) electrons. The molecular weight excluding hydrogens is 431 g/mol. The van der Waals surface area contributed by atoms with Crippen molar-refractivity contribution in [1.29, 1.82) is 0 Å². The molecule has 1 aromatic carbocycles. The molecule has 3 aromatic rings. The molecule has 29 heavy (non-hydrogen) atoms. The van der Waals surface area contributed by atoms with Crippen molar-refractivity contribution in [2.24, 2.45) is 0 Å². The maximum atomic E-state index is 12.6. The van der Waals surface area contributed by atoms with Gasteiger partial charge in [-0.3, -0.25) is 9.59 Å². The van der Waals surface area contributed by atoms with Crippen molar-refractivity contribution < 1.29 is 14.0 Å². The summed E-state index contributed by atoms with van der Waals surface area (Å²) < 4.78 is 4.98. The van der Waals surface area contributed by atoms with Crippen molar-refractivity contribution in [3.05, 3.63) is 69.4 Å². The average Bonchev–Trinajstić information content (AvgIpc) is 3.39. The van der Waals surface area contributed by atoms with Crippen LogP contribution in [0.2, 0.25) is 10.0 Å². The molecule has 0 unspecified atom stereocenters. The Labute approximate surface area is 182 Å². The Morgan fingerprint density at radius 1 is 1.07 bits per heavy atom. The Hall–Kier alpha value is -2.28. The molecule has 3 heterocycles. The number of carbonyl (C=O) groups is 2. The minimum absolute atomic E-state index is 0.0355. The minimum atomic E-state index is -0.103. The fraction of sp³-hybridized carbons (Fsp3) is 0.238. The van der Waals surface area contributed by atoms with Crippen molar-refractivity contribution in [2.75, 3.05) is 13.1 Å². The first kappa shape index (κ1) is 20.0. The van der Waals surface area contributed by atoms with Gasteiger partial charge in [0, 0.05) is 34.1 Å². The molecule has 0 spiro atoms. The Balaban J connectivity index is 1.35. The molecule has 1 aliphatic heterocycles. The molecule has 4 rings (SSSR count). The molecule has 1 fully saturated rings. The smallest absolute Gasteiger partial charge is 0.261 e. The second-order valence-corrected chi connectivity index (χ2v) is 8.83. The van der Waals surface area contributed by atoms with E-state index in [9.17, 15) is 9.59 Å². The number of piperidine rings is 1. The number of amides is 2. The van der Waals surface area contributed by atoms with Crippen LogP contribution in [-0.2, 0) is 0 Å². The first-order valence-corrected chi connectivity index (χ1v) is 10.8. The van der Waals surface area contributed by atoms with Crippen LogP contribution in [0, 0.1) is 0 Å². The van der Waals surface area contributed by atoms with Crippen LogP contribution < -0.4 is 5.32 Å². The lowest BCUT2D eigenvalue weighted by molar-refractivity contribution is 0.0697. The highest BCUT2D eigenvalue weighted by Gasteiger charge is 2.25. The Kier molecular flexibility index (Phi) is 5.94. The standard InChI is InChI=1S/C21H18Cl2N2O3S/c22-15-9-14(10-16(23)11-15)18-1-2-19(29-18)20(26)24-17-3-6-25(7-4-17)21(27)13-5-8-28-12-13/h1-2,5,8-12,17H,3-4,6-7H2,(H,24,26). The van der Waals surface area contributed by atoms with Crippen LogP contribution >= 0.6 is 34.5 Å². The summed E-state index contributed by atoms with van der Waals surface area (Å²) in [5, 5.41) is 4.20. The van der Waals surface area contributed by atoms with Gasteiger partial charge < -0.3 is 14.6 Å². The lowest BCUT2D eigenvalue weighted by Gasteiger charge is -2.32. The van der Waals surface area contributed by atoms with Gasteiger partial charge in [-0.25, -0.2) is 0 Å². The quantitative estimate of drug-likeness (QED) is 0.584. The summed E-state index contributed by atoms with van der Waals surface area (Å²) in [4.78, 5) is 28.4. The first-order valence-electron chi connectivity index (χ1n) is 9.18. The van der Waals surface area contributed by atoms with Crippen LogP contribution in [-0.4, -0.2) is 35.8 Å². The Bertz CT molecular complexity index is 1000. The predicted octanol–water partition coefficient (Wildman–Crippen LogP) is 5.35. The second kappa shape index (κ2) is 8.61. The van der Waals surface area contributed by atoms with E-state index in [0.717, 1.165) is 23.3 Å². The van der Waals surface area contributed by atoms with Gasteiger partial charge >= 0.3 is 0 Å². The number of halogens is 2. The number of carbonyl (C=O) groups excluding carboxylic acids is 2. The highest BCUT2D eigenvalue weighted by atomic mass is 35.5. The Morgan fingerprint density at radius 3 is 2.45 bits per heavy atom. The lowest BCUT2D eigenvalue weighted by Crippen LogP contribution is -2.46. The molecule has 0 atom stereocenters. The van der Waals surface area contributed by atoms with E-state index in [-0.39, 0.29) is 17.9 Å². The van der Waals surface area contributed by atoms with Crippen molar-refractivity contribution >= 4 is 46.4 Å². The molecule has 1 saturated heterocycles. The zero-order valence-electron chi connectivity index (χ0n) is 15.4. The summed E-state index contributed by atoms with van der Waals surface area (Å²) in [6.45, 7) is 1.21. The molecule has 1 aliphatic rings. The van der Waals surface area contributed by atoms with E-state index in [2.05, 4.69) is 5.32 Å². The molecule has 2 amide bonds. The molecule has 1 N–H and O–H groups in total. The number of furan rings is 1. The SMILES string of the molecule is O=C(NC1CCN(C(=O)c2ccoc2)CC1)c1ccc(-c2cc(Cl)cc(Cl)c2)s1. The van der Waals surface area contributed by atoms with Crippen molar-refractivity contribution in [2.45, 2.75) is 18.9 Å². The normalized spacial score (nSPS) is 14.8. The van der Waals surface area contributed by atoms with Crippen molar-refractivity contribution in [3.63, 3.8) is 0 Å². The molecule has 5 nitrogen and oxygen atoms in total. The van der Waals surface area contributed by atoms with Crippen LogP contribution in [0.4, 0.5) is 0 Å². The van der Waals surface area contributed by atoms with Gasteiger partial charge in [-0.05, 0) is 54.8 Å². The summed E-state index contributed by atoms with van der Waals surface area (Å²) in [5.41, 5.74) is 1.44. The molecule has 0 bridgehead atoms. The zero-order chi connectivity index (χ0) is 20.4. The van der Waals surface area contributed by atoms with Crippen LogP contribution in [0.1, 0.15) is 32.9 Å². The van der Waals surface area contributed by atoms with E-state index >= 15 is 0 Å². The summed E-state index contributed by atoms with van der Waals surface area (Å²) >= 11 is 13.5. The number of benzene rings is 1. The van der Waals surface area contributed by atoms with Crippen LogP contribution in [0.5, 0.6) is 0 Å². The number of hydrogen-bond donors (Lipinski definition) is 1. The van der Waals surface area contributed by atoms with E-state index in [1.165, 1.54) is 23.9 Å². The third-order valence-electron chi connectivity index (χ3n) is 4.86. The average molecular weight is 449 g/mol. The third kappa shape index (κ3) is 4.66. The summed E-state index contributed by atoms with van der Waals surface area (Å²) in [6, 6.07) is 10.7. The molecule has 0 saturated carbocycles. The molecule has 2 aromatic heterocycles. The maximum absolute atomic E-state index is 12.6. The van der Waals surface area contributed by atoms with Gasteiger partial charge in [-0.15, -0.1) is 11.3 Å². The number of nitrogens with one attached hydrogen (secondary N) is 1. The third-order valence-corrected chi connectivity index (χ3v) is 6.43. The fourth-order valence-electron chi connectivity index (χ4n) is 3.36. The zero-order valence-corrected chi connectivity index (χ0v) is 17.7. The number of thiophene rings is 1. The topological polar surface area (TPSA) is 62.6 Å². The molecular formula is C21H18Cl2N2O3S. The molecule has 150 valence electrons. The van der Waals surface area contributed by atoms with E-state index in [1.807, 2.05) is 24.3 Å². The van der Waals surface area contributed by atoms with E-state index in [0.29, 0.717) is 33.6 Å². The van der Waals surface area contributed by atoms with Gasteiger partial charge in [0.1, 0.15) is 6.26 Å². The van der Waals surface area contributed by atoms with Gasteiger partial charge in [-0.2, -0.15) is 0 Å². The van der Waals surface area contributed by atoms with Crippen LogP contribution in [0.3, 0.4) is 0 Å². The number of nitrogens with zero attached hydrogens (tertiary/aromatic N) is 1. The summed E-state index contributed by atoms with van der Waals surface area (Å²) in [7, 11) is 0. The summed E-state index contributed by atoms with van der Waals surface area (Å²) in [5.74, 6) is -0.138. The molecule has 8 heteroatoms. The van der Waals surface area contributed by atoms with Crippen molar-refractivity contribution in [1.82, 2.24) is 10.2 Å². The number of likely N-dealkylation sites (tertiary alicyclic amines) is 1. The van der Waals surface area contributed by atoms with Crippen LogP contribution in [0.15, 0.2) is 53.3 Å². The van der Waals surface area contributed by atoms with E-state index < -0.39 is 0 Å². The van der Waals surface area contributed by atoms with Gasteiger partial charge in [0.2, 0.25) is 0 Å². The lowest BCUT2D eigenvalue weighted by atomic mass is 10.0. The maximum Gasteiger partial charge on any atom is 0.261 e. The first-order chi connectivity index (χ1) is 14.0. The van der Waals surface area contributed by atoms with Crippen molar-refractivity contribution in [3.8, 4) is 10.4 Å². The van der Waals surface area contributed by atoms with Gasteiger partial charge in [0.05, 0.1) is 16.7 Å². The highest BCUT2D eigenvalue weighted by molar-refractivity contribution is 7.17. The second-order valence-electron chi connectivity index (χ2n) is 6.87. The highest BCUT2D eigenvalue weighted by Crippen LogP contribution is 2.32. The van der Waals surface area contributed by atoms with Gasteiger partial charge in [0.25, 0.3) is 11.8 Å². The Morgan fingerprint density at radius 2 is 1.79 bits per heavy atom. The summed E-state index contributed by atoms with van der Waals surface area (Å²) in [6.07, 6.45) is 4.39. The van der Waals surface area contributed by atoms with E-state index in [1.54, 1.807) is 17.0 Å². The number of hydrogen-bond acceptors (Lipinski definition) is 4. The number of rotatable bonds is 4. The minimum Gasteiger partial charge on any atom is -0.472 e. The van der Waals surface area contributed by atoms with Crippen LogP contribution in [0.25, 0.3) is 10.4 Å². The van der Waals surface area contributed by atoms with E-state index in [4.69, 9.17) is 27.6 Å². The largest absolute Gasteiger partial charge is 0.472 e.